The van der Waals surface area contributed by atoms with Crippen LogP contribution in [0.25, 0.3) is 0 Å². The van der Waals surface area contributed by atoms with Crippen LogP contribution in [0.2, 0.25) is 0 Å². The van der Waals surface area contributed by atoms with Gasteiger partial charge in [-0.2, -0.15) is 0 Å². The van der Waals surface area contributed by atoms with E-state index >= 15 is 0 Å². The number of hydrogen-bond donors (Lipinski definition) is 3. The molecule has 0 aliphatic carbocycles. The van der Waals surface area contributed by atoms with Crippen molar-refractivity contribution in [2.24, 2.45) is 0 Å². The van der Waals surface area contributed by atoms with Gasteiger partial charge in [0.15, 0.2) is 0 Å². The Balaban J connectivity index is 3.61. The van der Waals surface area contributed by atoms with Crippen molar-refractivity contribution in [3.05, 3.63) is 146 Å². The van der Waals surface area contributed by atoms with Gasteiger partial charge in [0.05, 0.1) is 18.8 Å². The Morgan fingerprint density at radius 3 is 0.897 bits per heavy atom. The minimum atomic E-state index is -0.882. The summed E-state index contributed by atoms with van der Waals surface area (Å²) in [6, 6.07) is -0.659. The molecule has 0 aliphatic rings. The van der Waals surface area contributed by atoms with E-state index in [1.54, 1.807) is 6.08 Å². The van der Waals surface area contributed by atoms with Crippen molar-refractivity contribution >= 4 is 5.91 Å². The molecular formula is C74H125NO3. The number of hydrogen-bond acceptors (Lipinski definition) is 3. The number of rotatable bonds is 59. The van der Waals surface area contributed by atoms with Crippen molar-refractivity contribution in [1.82, 2.24) is 5.32 Å². The molecule has 0 bridgehead atoms. The second-order valence-electron chi connectivity index (χ2n) is 21.8. The zero-order valence-electron chi connectivity index (χ0n) is 51.1. The summed E-state index contributed by atoms with van der Waals surface area (Å²) in [6.07, 6.45) is 106. The molecule has 3 N–H and O–H groups in total. The first-order valence-electron chi connectivity index (χ1n) is 33.0. The van der Waals surface area contributed by atoms with Crippen LogP contribution in [0.5, 0.6) is 0 Å². The number of allylic oxidation sites excluding steroid dienone is 23. The summed E-state index contributed by atoms with van der Waals surface area (Å²) in [6.45, 7) is 4.19. The van der Waals surface area contributed by atoms with Gasteiger partial charge in [0.25, 0.3) is 0 Å². The first-order valence-corrected chi connectivity index (χ1v) is 33.0. The highest BCUT2D eigenvalue weighted by Crippen LogP contribution is 2.16. The summed E-state index contributed by atoms with van der Waals surface area (Å²) in [5.74, 6) is -0.0848. The van der Waals surface area contributed by atoms with Gasteiger partial charge in [-0.15, -0.1) is 0 Å². The second-order valence-corrected chi connectivity index (χ2v) is 21.8. The van der Waals surface area contributed by atoms with Gasteiger partial charge in [-0.3, -0.25) is 4.79 Å². The Morgan fingerprint density at radius 2 is 0.577 bits per heavy atom. The van der Waals surface area contributed by atoms with Crippen LogP contribution in [0.4, 0.5) is 0 Å². The Kier molecular flexibility index (Phi) is 64.3. The maximum absolute atomic E-state index is 12.5. The number of unbranched alkanes of at least 4 members (excludes halogenated alkanes) is 30. The fourth-order valence-electron chi connectivity index (χ4n) is 9.32. The van der Waals surface area contributed by atoms with E-state index in [2.05, 4.69) is 153 Å². The maximum atomic E-state index is 12.5. The van der Waals surface area contributed by atoms with Gasteiger partial charge < -0.3 is 15.5 Å². The van der Waals surface area contributed by atoms with Crippen LogP contribution in [0.3, 0.4) is 0 Å². The molecule has 0 aromatic heterocycles. The molecule has 1 amide bonds. The molecule has 0 spiro atoms. The van der Waals surface area contributed by atoms with Crippen LogP contribution in [-0.4, -0.2) is 34.9 Å². The summed E-state index contributed by atoms with van der Waals surface area (Å²) in [5, 5.41) is 23.2. The standard InChI is InChI=1S/C74H125NO3/c1-3-5-7-9-11-13-15-17-19-21-23-25-27-29-31-32-33-34-35-36-37-38-39-40-41-42-44-46-48-50-52-54-56-58-60-62-64-66-68-70-74(78)75-72(71-76)73(77)69-67-65-63-61-59-57-55-53-51-49-47-45-43-30-28-26-24-22-20-18-16-14-12-10-8-6-4-2/h5,7,11,13,17,19,23,25,29,31,33-34,36-37,39-40,42,44,51,53,59,61,67,69,72-73,76-77H,3-4,6,8-10,12,14-16,18,20-22,24,26-28,30,32,35,38,41,43,45-50,52,54-58,60,62-66,68,70-71H2,1-2H3,(H,75,78)/b7-5-,13-11-,19-17-,25-23-,31-29-,34-33-,37-36-,40-39-,44-42-,53-51+,61-59+,69-67+. The van der Waals surface area contributed by atoms with Crippen molar-refractivity contribution in [1.29, 1.82) is 0 Å². The number of amides is 1. The highest BCUT2D eigenvalue weighted by molar-refractivity contribution is 5.76. The third-order valence-electron chi connectivity index (χ3n) is 14.3. The van der Waals surface area contributed by atoms with Crippen LogP contribution >= 0.6 is 0 Å². The lowest BCUT2D eigenvalue weighted by Gasteiger charge is -2.19. The molecule has 0 aromatic rings. The summed E-state index contributed by atoms with van der Waals surface area (Å²) in [7, 11) is 0. The number of aliphatic hydroxyl groups is 2. The molecule has 2 atom stereocenters. The molecular weight excluding hydrogens is 951 g/mol. The van der Waals surface area contributed by atoms with E-state index in [-0.39, 0.29) is 12.5 Å². The maximum Gasteiger partial charge on any atom is 0.220 e. The third kappa shape index (κ3) is 63.1. The highest BCUT2D eigenvalue weighted by Gasteiger charge is 2.18. The molecule has 2 unspecified atom stereocenters. The SMILES string of the molecule is CC/C=C\C/C=C\C/C=C\C/C=C\C/C=C\C/C=C\C/C=C\C/C=C\C/C=C\CCCCCCCCCCCCCC(=O)NC(CO)C(O)/C=C/CC/C=C/CC/C=C/CCCCCCCCCCCCCCCCCCC. The number of aliphatic hydroxyl groups excluding tert-OH is 2. The average Bonchev–Trinajstić information content (AvgIpc) is 3.44. The molecule has 0 rings (SSSR count). The molecule has 0 aromatic carbocycles. The fraction of sp³-hybridized carbons (Fsp3) is 0.662. The second kappa shape index (κ2) is 67.5. The molecule has 0 saturated carbocycles. The Labute approximate surface area is 484 Å². The molecule has 0 aliphatic heterocycles. The van der Waals surface area contributed by atoms with E-state index in [4.69, 9.17) is 0 Å². The van der Waals surface area contributed by atoms with E-state index in [0.29, 0.717) is 6.42 Å². The van der Waals surface area contributed by atoms with Gasteiger partial charge in [0.1, 0.15) is 0 Å². The van der Waals surface area contributed by atoms with Gasteiger partial charge in [-0.25, -0.2) is 0 Å². The van der Waals surface area contributed by atoms with Crippen LogP contribution in [0.15, 0.2) is 146 Å². The quantitative estimate of drug-likeness (QED) is 0.0420. The Hall–Kier alpha value is -3.73. The molecule has 444 valence electrons. The topological polar surface area (TPSA) is 69.6 Å². The Bertz CT molecular complexity index is 1600. The lowest BCUT2D eigenvalue weighted by molar-refractivity contribution is -0.123. The summed E-state index contributed by atoms with van der Waals surface area (Å²) in [4.78, 5) is 12.5. The molecule has 4 nitrogen and oxygen atoms in total. The zero-order chi connectivity index (χ0) is 56.2. The largest absolute Gasteiger partial charge is 0.394 e. The van der Waals surface area contributed by atoms with Gasteiger partial charge >= 0.3 is 0 Å². The summed E-state index contributed by atoms with van der Waals surface area (Å²) >= 11 is 0. The molecule has 78 heavy (non-hydrogen) atoms. The first-order chi connectivity index (χ1) is 38.7. The molecule has 0 heterocycles. The predicted molar refractivity (Wildman–Crippen MR) is 349 cm³/mol. The number of nitrogens with one attached hydrogen (secondary N) is 1. The fourth-order valence-corrected chi connectivity index (χ4v) is 9.32. The smallest absolute Gasteiger partial charge is 0.220 e. The predicted octanol–water partition coefficient (Wildman–Crippen LogP) is 22.7. The minimum absolute atomic E-state index is 0.0848. The number of carbonyl (C=O) groups excluding carboxylic acids is 1. The lowest BCUT2D eigenvalue weighted by Crippen LogP contribution is -2.45. The summed E-state index contributed by atoms with van der Waals surface area (Å²) in [5.41, 5.74) is 0. The monoisotopic (exact) mass is 1080 g/mol. The van der Waals surface area contributed by atoms with E-state index in [9.17, 15) is 15.0 Å². The molecule has 0 radical (unpaired) electrons. The third-order valence-corrected chi connectivity index (χ3v) is 14.3. The van der Waals surface area contributed by atoms with Crippen molar-refractivity contribution < 1.29 is 15.0 Å². The van der Waals surface area contributed by atoms with E-state index in [0.717, 1.165) is 103 Å². The zero-order valence-corrected chi connectivity index (χ0v) is 51.1. The van der Waals surface area contributed by atoms with Gasteiger partial charge in [0.2, 0.25) is 5.91 Å². The van der Waals surface area contributed by atoms with Gasteiger partial charge in [-0.1, -0.05) is 320 Å². The summed E-state index contributed by atoms with van der Waals surface area (Å²) < 4.78 is 0. The van der Waals surface area contributed by atoms with Crippen molar-refractivity contribution in [2.75, 3.05) is 6.61 Å². The molecule has 4 heteroatoms. The van der Waals surface area contributed by atoms with Crippen molar-refractivity contribution in [3.8, 4) is 0 Å². The van der Waals surface area contributed by atoms with Crippen LogP contribution in [0, 0.1) is 0 Å². The van der Waals surface area contributed by atoms with Crippen LogP contribution in [-0.2, 0) is 4.79 Å². The molecule has 0 saturated heterocycles. The lowest BCUT2D eigenvalue weighted by atomic mass is 10.0. The van der Waals surface area contributed by atoms with Crippen molar-refractivity contribution in [3.63, 3.8) is 0 Å². The normalized spacial score (nSPS) is 13.7. The number of carbonyl (C=O) groups is 1. The highest BCUT2D eigenvalue weighted by atomic mass is 16.3. The van der Waals surface area contributed by atoms with Crippen LogP contribution in [0.1, 0.15) is 296 Å². The van der Waals surface area contributed by atoms with E-state index in [1.807, 2.05) is 6.08 Å². The first kappa shape index (κ1) is 74.3. The molecule has 0 fully saturated rings. The van der Waals surface area contributed by atoms with Gasteiger partial charge in [0, 0.05) is 6.42 Å². The van der Waals surface area contributed by atoms with E-state index < -0.39 is 12.1 Å². The van der Waals surface area contributed by atoms with E-state index in [1.165, 1.54) is 173 Å². The van der Waals surface area contributed by atoms with Crippen LogP contribution < -0.4 is 5.32 Å². The Morgan fingerprint density at radius 1 is 0.321 bits per heavy atom. The minimum Gasteiger partial charge on any atom is -0.394 e. The van der Waals surface area contributed by atoms with Gasteiger partial charge in [-0.05, 0) is 116 Å². The van der Waals surface area contributed by atoms with Crippen molar-refractivity contribution in [2.45, 2.75) is 309 Å². The average molecular weight is 1080 g/mol.